The third kappa shape index (κ3) is 5.47. The Morgan fingerprint density at radius 1 is 0.915 bits per heavy atom. The van der Waals surface area contributed by atoms with Gasteiger partial charge in [-0.1, -0.05) is 72.8 Å². The van der Waals surface area contributed by atoms with Gasteiger partial charge in [-0.2, -0.15) is 0 Å². The molecule has 5 aromatic rings. The van der Waals surface area contributed by atoms with Gasteiger partial charge in [0.05, 0.1) is 19.2 Å². The summed E-state index contributed by atoms with van der Waals surface area (Å²) in [5.74, 6) is 1.16. The number of rotatable bonds is 7. The van der Waals surface area contributed by atoms with Crippen molar-refractivity contribution >= 4 is 28.7 Å². The number of piperidine rings is 1. The Labute approximate surface area is 279 Å². The maximum Gasteiger partial charge on any atom is 0.308 e. The number of aliphatic imine (C=N–C) groups is 1. The normalized spacial score (nSPS) is 16.7. The molecule has 1 saturated heterocycles. The minimum atomic E-state index is -1.05. The molecule has 0 unspecified atom stereocenters. The molecular formula is C38H39N5O3S. The molecule has 0 aliphatic carbocycles. The van der Waals surface area contributed by atoms with Crippen LogP contribution in [-0.2, 0) is 15.1 Å². The largest absolute Gasteiger partial charge is 0.469 e. The molecule has 0 amide bonds. The summed E-state index contributed by atoms with van der Waals surface area (Å²) >= 11 is 1.70. The summed E-state index contributed by atoms with van der Waals surface area (Å²) < 4.78 is 7.09. The molecule has 47 heavy (non-hydrogen) atoms. The van der Waals surface area contributed by atoms with Crippen LogP contribution < -0.4 is 4.90 Å². The van der Waals surface area contributed by atoms with E-state index in [2.05, 4.69) is 57.8 Å². The Balaban J connectivity index is 1.17. The van der Waals surface area contributed by atoms with Crippen molar-refractivity contribution in [1.29, 1.82) is 0 Å². The molecule has 0 saturated carbocycles. The van der Waals surface area contributed by atoms with E-state index in [0.717, 1.165) is 76.0 Å². The number of thiophene rings is 1. The molecule has 3 aromatic carbocycles. The predicted molar refractivity (Wildman–Crippen MR) is 186 cm³/mol. The van der Waals surface area contributed by atoms with Gasteiger partial charge < -0.3 is 14.7 Å². The SMILES string of the molecule is COC(=O)C[C@@H]1N=C(c2ccc(N3CCC(C(O)(c4ccccc4)c4ccccc4)CC3)cc2)c2c(sc(C)c2C)-n2c(C)nnc21. The average molecular weight is 646 g/mol. The van der Waals surface area contributed by atoms with Crippen molar-refractivity contribution in [1.82, 2.24) is 14.8 Å². The van der Waals surface area contributed by atoms with E-state index >= 15 is 0 Å². The molecule has 1 fully saturated rings. The van der Waals surface area contributed by atoms with Gasteiger partial charge in [0.2, 0.25) is 0 Å². The van der Waals surface area contributed by atoms with Crippen molar-refractivity contribution in [2.24, 2.45) is 10.9 Å². The Morgan fingerprint density at radius 2 is 1.53 bits per heavy atom. The maximum absolute atomic E-state index is 12.5. The Hall–Kier alpha value is -4.60. The highest BCUT2D eigenvalue weighted by atomic mass is 32.1. The van der Waals surface area contributed by atoms with Gasteiger partial charge in [0.25, 0.3) is 0 Å². The molecule has 1 atom stereocenters. The van der Waals surface area contributed by atoms with E-state index in [4.69, 9.17) is 9.73 Å². The van der Waals surface area contributed by atoms with Crippen LogP contribution >= 0.6 is 11.3 Å². The Bertz CT molecular complexity index is 1880. The Morgan fingerprint density at radius 3 is 2.13 bits per heavy atom. The first-order valence-corrected chi connectivity index (χ1v) is 17.0. The van der Waals surface area contributed by atoms with E-state index in [1.54, 1.807) is 11.3 Å². The number of anilines is 1. The van der Waals surface area contributed by atoms with E-state index in [1.807, 2.05) is 67.6 Å². The lowest BCUT2D eigenvalue weighted by Gasteiger charge is -2.43. The summed E-state index contributed by atoms with van der Waals surface area (Å²) in [5, 5.41) is 22.2. The molecule has 2 aliphatic rings. The van der Waals surface area contributed by atoms with E-state index in [0.29, 0.717) is 5.82 Å². The number of aromatic nitrogens is 3. The first kappa shape index (κ1) is 31.0. The van der Waals surface area contributed by atoms with Gasteiger partial charge in [0.1, 0.15) is 22.5 Å². The molecule has 2 aromatic heterocycles. The monoisotopic (exact) mass is 645 g/mol. The van der Waals surface area contributed by atoms with Crippen LogP contribution in [0, 0.1) is 26.7 Å². The first-order valence-electron chi connectivity index (χ1n) is 16.2. The molecular weight excluding hydrogens is 607 g/mol. The van der Waals surface area contributed by atoms with Crippen molar-refractivity contribution in [3.8, 4) is 5.00 Å². The number of ether oxygens (including phenoxy) is 1. The van der Waals surface area contributed by atoms with Crippen LogP contribution in [0.5, 0.6) is 0 Å². The number of nitrogens with zero attached hydrogens (tertiary/aromatic N) is 5. The van der Waals surface area contributed by atoms with Crippen LogP contribution in [0.25, 0.3) is 5.00 Å². The Kier molecular flexibility index (Phi) is 8.28. The molecule has 2 aliphatic heterocycles. The highest BCUT2D eigenvalue weighted by Gasteiger charge is 2.41. The maximum atomic E-state index is 12.5. The number of aryl methyl sites for hydroxylation is 2. The van der Waals surface area contributed by atoms with Crippen molar-refractivity contribution < 1.29 is 14.6 Å². The van der Waals surface area contributed by atoms with Crippen LogP contribution in [0.15, 0.2) is 89.9 Å². The van der Waals surface area contributed by atoms with E-state index in [-0.39, 0.29) is 18.3 Å². The molecule has 0 radical (unpaired) electrons. The minimum Gasteiger partial charge on any atom is -0.469 e. The zero-order valence-electron chi connectivity index (χ0n) is 27.2. The third-order valence-corrected chi connectivity index (χ3v) is 11.0. The minimum absolute atomic E-state index is 0.0798. The topological polar surface area (TPSA) is 92.8 Å². The average Bonchev–Trinajstić information content (AvgIpc) is 3.60. The zero-order valence-corrected chi connectivity index (χ0v) is 28.0. The van der Waals surface area contributed by atoms with Gasteiger partial charge in [-0.3, -0.25) is 14.4 Å². The van der Waals surface area contributed by atoms with Crippen molar-refractivity contribution in [3.05, 3.63) is 129 Å². The van der Waals surface area contributed by atoms with Gasteiger partial charge in [-0.15, -0.1) is 21.5 Å². The van der Waals surface area contributed by atoms with E-state index < -0.39 is 11.6 Å². The summed E-state index contributed by atoms with van der Waals surface area (Å²) in [5.41, 5.74) is 6.02. The first-order chi connectivity index (χ1) is 22.8. The van der Waals surface area contributed by atoms with Crippen LogP contribution in [0.2, 0.25) is 0 Å². The fourth-order valence-electron chi connectivity index (χ4n) is 7.17. The number of hydrogen-bond acceptors (Lipinski definition) is 8. The van der Waals surface area contributed by atoms with E-state index in [1.165, 1.54) is 12.0 Å². The fourth-order valence-corrected chi connectivity index (χ4v) is 8.39. The van der Waals surface area contributed by atoms with Crippen molar-refractivity contribution in [3.63, 3.8) is 0 Å². The summed E-state index contributed by atoms with van der Waals surface area (Å²) in [6.45, 7) is 7.87. The number of aliphatic hydroxyl groups is 1. The lowest BCUT2D eigenvalue weighted by Crippen LogP contribution is -2.44. The lowest BCUT2D eigenvalue weighted by molar-refractivity contribution is -0.141. The number of methoxy groups -OCH3 is 1. The van der Waals surface area contributed by atoms with Gasteiger partial charge in [0, 0.05) is 34.8 Å². The van der Waals surface area contributed by atoms with E-state index in [9.17, 15) is 9.90 Å². The van der Waals surface area contributed by atoms with Gasteiger partial charge >= 0.3 is 5.97 Å². The fraction of sp³-hybridized carbons (Fsp3) is 0.316. The number of esters is 1. The number of carbonyl (C=O) groups excluding carboxylic acids is 1. The van der Waals surface area contributed by atoms with Gasteiger partial charge in [-0.05, 0) is 68.4 Å². The highest BCUT2D eigenvalue weighted by molar-refractivity contribution is 7.15. The summed E-state index contributed by atoms with van der Waals surface area (Å²) in [6, 6.07) is 28.2. The number of benzene rings is 3. The second-order valence-corrected chi connectivity index (χ2v) is 13.7. The third-order valence-electron chi connectivity index (χ3n) is 9.85. The molecule has 4 heterocycles. The number of carbonyl (C=O) groups is 1. The molecule has 0 bridgehead atoms. The van der Waals surface area contributed by atoms with Crippen LogP contribution in [0.4, 0.5) is 5.69 Å². The summed E-state index contributed by atoms with van der Waals surface area (Å²) in [4.78, 5) is 21.3. The standard InChI is InChI=1S/C38H39N5O3S/c1-24-25(2)47-37-34(24)35(39-32(23-33(44)46-4)36-41-40-26(3)43(36)37)27-15-17-31(18-16-27)42-21-19-30(20-22-42)38(45,28-11-7-5-8-12-28)29-13-9-6-10-14-29/h5-18,30,32,45H,19-23H2,1-4H3/t32-/m0/s1. The zero-order chi connectivity index (χ0) is 32.7. The smallest absolute Gasteiger partial charge is 0.308 e. The number of hydrogen-bond donors (Lipinski definition) is 1. The second-order valence-electron chi connectivity index (χ2n) is 12.5. The summed E-state index contributed by atoms with van der Waals surface area (Å²) in [6.07, 6.45) is 1.80. The molecule has 7 rings (SSSR count). The van der Waals surface area contributed by atoms with Crippen LogP contribution in [-0.4, -0.2) is 51.8 Å². The second kappa shape index (κ2) is 12.5. The van der Waals surface area contributed by atoms with Gasteiger partial charge in [-0.25, -0.2) is 0 Å². The van der Waals surface area contributed by atoms with Gasteiger partial charge in [0.15, 0.2) is 5.82 Å². The summed E-state index contributed by atoms with van der Waals surface area (Å²) in [7, 11) is 1.40. The highest BCUT2D eigenvalue weighted by Crippen LogP contribution is 2.43. The molecule has 0 spiro atoms. The lowest BCUT2D eigenvalue weighted by atomic mass is 9.72. The molecule has 8 nitrogen and oxygen atoms in total. The van der Waals surface area contributed by atoms with Crippen LogP contribution in [0.3, 0.4) is 0 Å². The quantitative estimate of drug-likeness (QED) is 0.195. The van der Waals surface area contributed by atoms with Crippen molar-refractivity contribution in [2.45, 2.75) is 51.7 Å². The number of fused-ring (bicyclic) bond motifs is 3. The predicted octanol–water partition coefficient (Wildman–Crippen LogP) is 6.86. The molecule has 1 N–H and O–H groups in total. The van der Waals surface area contributed by atoms with Crippen molar-refractivity contribution in [2.75, 3.05) is 25.1 Å². The molecule has 240 valence electrons. The molecule has 9 heteroatoms. The van der Waals surface area contributed by atoms with Crippen LogP contribution in [0.1, 0.15) is 69.6 Å².